The minimum atomic E-state index is -0.172. The van der Waals surface area contributed by atoms with Gasteiger partial charge in [0, 0.05) is 6.20 Å². The fourth-order valence-corrected chi connectivity index (χ4v) is 1.35. The molecule has 0 aromatic heterocycles. The molecule has 2 N–H and O–H groups in total. The fourth-order valence-electron chi connectivity index (χ4n) is 1.35. The lowest BCUT2D eigenvalue weighted by Crippen LogP contribution is -2.34. The Bertz CT molecular complexity index is 384. The van der Waals surface area contributed by atoms with Crippen molar-refractivity contribution in [3.8, 4) is 0 Å². The predicted molar refractivity (Wildman–Crippen MR) is 70.6 cm³/mol. The van der Waals surface area contributed by atoms with Gasteiger partial charge in [-0.25, -0.2) is 4.79 Å². The first-order chi connectivity index (χ1) is 8.13. The first-order valence-corrected chi connectivity index (χ1v) is 5.91. The number of rotatable bonds is 4. The highest BCUT2D eigenvalue weighted by Gasteiger charge is 2.07. The van der Waals surface area contributed by atoms with Gasteiger partial charge in [0.1, 0.15) is 0 Å². The Morgan fingerprint density at radius 2 is 2.00 bits per heavy atom. The molecule has 0 spiro atoms. The van der Waals surface area contributed by atoms with Gasteiger partial charge in [0.2, 0.25) is 0 Å². The molecule has 0 aliphatic rings. The SMILES string of the molecule is CC/C(C)=C/NC(=O)NC(C)c1ccccc1. The van der Waals surface area contributed by atoms with Crippen molar-refractivity contribution in [3.63, 3.8) is 0 Å². The van der Waals surface area contributed by atoms with Crippen LogP contribution >= 0.6 is 0 Å². The summed E-state index contributed by atoms with van der Waals surface area (Å²) in [5, 5.41) is 5.60. The summed E-state index contributed by atoms with van der Waals surface area (Å²) in [5.74, 6) is 0. The van der Waals surface area contributed by atoms with Gasteiger partial charge >= 0.3 is 6.03 Å². The third kappa shape index (κ3) is 4.72. The number of nitrogens with one attached hydrogen (secondary N) is 2. The van der Waals surface area contributed by atoms with Crippen LogP contribution in [0.25, 0.3) is 0 Å². The average molecular weight is 232 g/mol. The molecular formula is C14H20N2O. The van der Waals surface area contributed by atoms with Crippen LogP contribution in [0.3, 0.4) is 0 Å². The number of carbonyl (C=O) groups is 1. The van der Waals surface area contributed by atoms with Crippen LogP contribution in [0.1, 0.15) is 38.8 Å². The number of carbonyl (C=O) groups excluding carboxylic acids is 1. The molecule has 0 heterocycles. The zero-order valence-electron chi connectivity index (χ0n) is 10.7. The summed E-state index contributed by atoms with van der Waals surface area (Å²) in [6.45, 7) is 6.00. The van der Waals surface area contributed by atoms with Crippen molar-refractivity contribution < 1.29 is 4.79 Å². The van der Waals surface area contributed by atoms with Crippen molar-refractivity contribution in [2.45, 2.75) is 33.2 Å². The summed E-state index contributed by atoms with van der Waals surface area (Å²) in [4.78, 5) is 11.6. The molecule has 0 aliphatic carbocycles. The largest absolute Gasteiger partial charge is 0.331 e. The number of benzene rings is 1. The van der Waals surface area contributed by atoms with Crippen LogP contribution in [0.5, 0.6) is 0 Å². The van der Waals surface area contributed by atoms with E-state index in [2.05, 4.69) is 17.6 Å². The van der Waals surface area contributed by atoms with Crippen LogP contribution in [-0.2, 0) is 0 Å². The van der Waals surface area contributed by atoms with E-state index in [-0.39, 0.29) is 12.1 Å². The second-order valence-electron chi connectivity index (χ2n) is 4.09. The molecule has 17 heavy (non-hydrogen) atoms. The van der Waals surface area contributed by atoms with Gasteiger partial charge in [0.05, 0.1) is 6.04 Å². The first kappa shape index (κ1) is 13.3. The van der Waals surface area contributed by atoms with Crippen molar-refractivity contribution in [3.05, 3.63) is 47.7 Å². The van der Waals surface area contributed by atoms with Crippen LogP contribution in [0.15, 0.2) is 42.1 Å². The number of amides is 2. The summed E-state index contributed by atoms with van der Waals surface area (Å²) in [5.41, 5.74) is 2.24. The Morgan fingerprint density at radius 1 is 1.35 bits per heavy atom. The minimum absolute atomic E-state index is 0.00605. The Balaban J connectivity index is 2.47. The molecule has 1 rings (SSSR count). The molecule has 3 nitrogen and oxygen atoms in total. The molecule has 0 radical (unpaired) electrons. The quantitative estimate of drug-likeness (QED) is 0.821. The maximum Gasteiger partial charge on any atom is 0.319 e. The highest BCUT2D eigenvalue weighted by molar-refractivity contribution is 5.75. The average Bonchev–Trinajstić information content (AvgIpc) is 2.36. The first-order valence-electron chi connectivity index (χ1n) is 5.91. The summed E-state index contributed by atoms with van der Waals surface area (Å²) >= 11 is 0. The summed E-state index contributed by atoms with van der Waals surface area (Å²) in [7, 11) is 0. The van der Waals surface area contributed by atoms with Crippen molar-refractivity contribution in [2.24, 2.45) is 0 Å². The monoisotopic (exact) mass is 232 g/mol. The highest BCUT2D eigenvalue weighted by atomic mass is 16.2. The maximum absolute atomic E-state index is 11.6. The van der Waals surface area contributed by atoms with Gasteiger partial charge in [0.15, 0.2) is 0 Å². The molecule has 1 unspecified atom stereocenters. The van der Waals surface area contributed by atoms with Crippen LogP contribution in [0.2, 0.25) is 0 Å². The van der Waals surface area contributed by atoms with E-state index < -0.39 is 0 Å². The Morgan fingerprint density at radius 3 is 2.59 bits per heavy atom. The third-order valence-corrected chi connectivity index (χ3v) is 2.65. The van der Waals surface area contributed by atoms with Gasteiger partial charge in [-0.05, 0) is 25.8 Å². The number of urea groups is 1. The molecule has 2 amide bonds. The van der Waals surface area contributed by atoms with Crippen LogP contribution < -0.4 is 10.6 Å². The number of hydrogen-bond acceptors (Lipinski definition) is 1. The number of hydrogen-bond donors (Lipinski definition) is 2. The van der Waals surface area contributed by atoms with Crippen molar-refractivity contribution in [1.82, 2.24) is 10.6 Å². The maximum atomic E-state index is 11.6. The van der Waals surface area contributed by atoms with Gasteiger partial charge < -0.3 is 10.6 Å². The molecule has 92 valence electrons. The molecule has 0 aliphatic heterocycles. The van der Waals surface area contributed by atoms with E-state index in [1.165, 1.54) is 0 Å². The highest BCUT2D eigenvalue weighted by Crippen LogP contribution is 2.10. The molecule has 0 fully saturated rings. The molecule has 0 bridgehead atoms. The minimum Gasteiger partial charge on any atom is -0.331 e. The summed E-state index contributed by atoms with van der Waals surface area (Å²) < 4.78 is 0. The van der Waals surface area contributed by atoms with E-state index in [0.29, 0.717) is 0 Å². The Labute approximate surface area is 103 Å². The second kappa shape index (κ2) is 6.74. The zero-order chi connectivity index (χ0) is 12.7. The fraction of sp³-hybridized carbons (Fsp3) is 0.357. The van der Waals surface area contributed by atoms with E-state index in [1.54, 1.807) is 6.20 Å². The standard InChI is InChI=1S/C14H20N2O/c1-4-11(2)10-15-14(17)16-12(3)13-8-6-5-7-9-13/h5-10,12H,4H2,1-3H3,(H2,15,16,17)/b11-10+. The van der Waals surface area contributed by atoms with Crippen molar-refractivity contribution in [1.29, 1.82) is 0 Å². The van der Waals surface area contributed by atoms with E-state index >= 15 is 0 Å². The topological polar surface area (TPSA) is 41.1 Å². The predicted octanol–water partition coefficient (Wildman–Crippen LogP) is 3.36. The Hall–Kier alpha value is -1.77. The van der Waals surface area contributed by atoms with Crippen molar-refractivity contribution in [2.75, 3.05) is 0 Å². The van der Waals surface area contributed by atoms with E-state index in [4.69, 9.17) is 0 Å². The zero-order valence-corrected chi connectivity index (χ0v) is 10.7. The van der Waals surface area contributed by atoms with E-state index in [9.17, 15) is 4.79 Å². The summed E-state index contributed by atoms with van der Waals surface area (Å²) in [6, 6.07) is 9.72. The number of allylic oxidation sites excluding steroid dienone is 1. The molecule has 3 heteroatoms. The normalized spacial score (nSPS) is 13.0. The van der Waals surface area contributed by atoms with Gasteiger partial charge in [0.25, 0.3) is 0 Å². The van der Waals surface area contributed by atoms with Gasteiger partial charge in [-0.15, -0.1) is 0 Å². The molecule has 1 aromatic rings. The molecule has 0 saturated carbocycles. The van der Waals surface area contributed by atoms with Gasteiger partial charge in [-0.1, -0.05) is 42.8 Å². The summed E-state index contributed by atoms with van der Waals surface area (Å²) in [6.07, 6.45) is 2.68. The van der Waals surface area contributed by atoms with Crippen molar-refractivity contribution >= 4 is 6.03 Å². The van der Waals surface area contributed by atoms with Gasteiger partial charge in [-0.2, -0.15) is 0 Å². The lowest BCUT2D eigenvalue weighted by Gasteiger charge is -2.14. The van der Waals surface area contributed by atoms with Crippen LogP contribution in [0, 0.1) is 0 Å². The third-order valence-electron chi connectivity index (χ3n) is 2.65. The molecule has 1 atom stereocenters. The second-order valence-corrected chi connectivity index (χ2v) is 4.09. The van der Waals surface area contributed by atoms with Crippen LogP contribution in [0.4, 0.5) is 4.79 Å². The molecule has 0 saturated heterocycles. The van der Waals surface area contributed by atoms with Crippen LogP contribution in [-0.4, -0.2) is 6.03 Å². The lowest BCUT2D eigenvalue weighted by molar-refractivity contribution is 0.241. The molecule has 1 aromatic carbocycles. The van der Waals surface area contributed by atoms with E-state index in [1.807, 2.05) is 44.2 Å². The Kier molecular flexibility index (Phi) is 5.27. The smallest absolute Gasteiger partial charge is 0.319 e. The van der Waals surface area contributed by atoms with E-state index in [0.717, 1.165) is 17.6 Å². The van der Waals surface area contributed by atoms with Gasteiger partial charge in [-0.3, -0.25) is 0 Å². The lowest BCUT2D eigenvalue weighted by atomic mass is 10.1. The molecular weight excluding hydrogens is 212 g/mol.